The van der Waals surface area contributed by atoms with Crippen LogP contribution >= 0.6 is 0 Å². The Bertz CT molecular complexity index is 9390. The molecule has 141 heavy (non-hydrogen) atoms. The summed E-state index contributed by atoms with van der Waals surface area (Å²) in [4.78, 5) is 6.89. The Morgan fingerprint density at radius 2 is 0.383 bits per heavy atom. The van der Waals surface area contributed by atoms with Gasteiger partial charge in [0.1, 0.15) is 22.3 Å². The van der Waals surface area contributed by atoms with Crippen molar-refractivity contribution in [1.82, 2.24) is 13.7 Å². The normalized spacial score (nSPS) is 11.5. The summed E-state index contributed by atoms with van der Waals surface area (Å²) in [5.41, 5.74) is 34.9. The number of nitrogens with zero attached hydrogens (tertiary/aromatic N) is 6. The van der Waals surface area contributed by atoms with E-state index in [2.05, 4.69) is 526 Å². The number of hydrogen-bond donors (Lipinski definition) is 0. The molecule has 0 unspecified atom stereocenters. The highest BCUT2D eigenvalue weighted by Crippen LogP contribution is 2.49. The van der Waals surface area contributed by atoms with E-state index in [4.69, 9.17) is 13.3 Å². The van der Waals surface area contributed by atoms with E-state index in [0.717, 1.165) is 145 Å². The predicted octanol–water partition coefficient (Wildman–Crippen LogP) is 37.1. The molecule has 0 aliphatic rings. The fourth-order valence-corrected chi connectivity index (χ4v) is 21.0. The fraction of sp³-hybridized carbons (Fsp3) is 0. The Kier molecular flexibility index (Phi) is 20.7. The summed E-state index contributed by atoms with van der Waals surface area (Å²) in [6, 6.07) is 189. The molecule has 0 aliphatic heterocycles. The van der Waals surface area contributed by atoms with Crippen LogP contribution in [0.3, 0.4) is 0 Å². The van der Waals surface area contributed by atoms with Crippen molar-refractivity contribution in [2.24, 2.45) is 0 Å². The molecule has 0 atom stereocenters. The monoisotopic (exact) mass is 1800 g/mol. The zero-order valence-electron chi connectivity index (χ0n) is 76.7. The van der Waals surface area contributed by atoms with Gasteiger partial charge in [0.05, 0.1) is 44.5 Å². The first-order valence-corrected chi connectivity index (χ1v) is 47.9. The highest BCUT2D eigenvalue weighted by atomic mass is 16.3. The molecule has 0 saturated heterocycles. The number of fused-ring (bicyclic) bond motifs is 18. The molecule has 0 bridgehead atoms. The highest BCUT2D eigenvalue weighted by molar-refractivity contribution is 6.15. The summed E-state index contributed by atoms with van der Waals surface area (Å²) in [5, 5.41) is 14.3. The van der Waals surface area contributed by atoms with E-state index in [1.807, 2.05) is 36.4 Å². The largest absolute Gasteiger partial charge is 0.456 e. The van der Waals surface area contributed by atoms with Crippen LogP contribution in [0.5, 0.6) is 0 Å². The Balaban J connectivity index is 0.000000109. The van der Waals surface area contributed by atoms with E-state index >= 15 is 0 Å². The van der Waals surface area contributed by atoms with Gasteiger partial charge in [0.15, 0.2) is 11.2 Å². The van der Waals surface area contributed by atoms with Gasteiger partial charge in [-0.3, -0.25) is 0 Å². The second-order valence-electron chi connectivity index (χ2n) is 35.8. The molecule has 28 aromatic rings. The lowest BCUT2D eigenvalue weighted by Gasteiger charge is -2.26. The summed E-state index contributed by atoms with van der Waals surface area (Å²) in [5.74, 6) is 0. The van der Waals surface area contributed by atoms with Crippen LogP contribution in [0.4, 0.5) is 51.2 Å². The van der Waals surface area contributed by atoms with Crippen LogP contribution in [0.15, 0.2) is 547 Å². The van der Waals surface area contributed by atoms with Gasteiger partial charge in [0.25, 0.3) is 0 Å². The average Bonchev–Trinajstić information content (AvgIpc) is 1.62. The van der Waals surface area contributed by atoms with Gasteiger partial charge < -0.3 is 41.7 Å². The van der Waals surface area contributed by atoms with Crippen molar-refractivity contribution in [2.45, 2.75) is 0 Å². The molecular weight excluding hydrogens is 1720 g/mol. The average molecular weight is 1810 g/mol. The SMILES string of the molecule is c1ccc(-c2ccc(N(c3ccc(-c4cccc(-n5c6ccccc6c6ccccc65)c4)cc3)c3ccc4c(c3)oc3ccccc34)cc2)cc1.c1ccc(-c2ccc(N(c3ccc(-n4c5ccccc5c5ccccc54)cc3)c3cccc4c3oc3ccccc34)cc2)cc1.c1ccc(N(c2ccc(-c3cccc(-n4c5ccccc5c5ccccc54)c3)cc2)c2cccc3c2oc2ccccc23)cc1. The summed E-state index contributed by atoms with van der Waals surface area (Å²) >= 11 is 0. The number of aromatic nitrogens is 3. The van der Waals surface area contributed by atoms with Crippen LogP contribution in [0.2, 0.25) is 0 Å². The smallest absolute Gasteiger partial charge is 0.159 e. The number of para-hydroxylation sites is 12. The summed E-state index contributed by atoms with van der Waals surface area (Å²) < 4.78 is 26.4. The van der Waals surface area contributed by atoms with Crippen LogP contribution in [-0.4, -0.2) is 13.7 Å². The van der Waals surface area contributed by atoms with E-state index in [1.165, 1.54) is 98.8 Å². The lowest BCUT2D eigenvalue weighted by molar-refractivity contribution is 0.668. The van der Waals surface area contributed by atoms with Crippen molar-refractivity contribution < 1.29 is 13.3 Å². The molecule has 6 aromatic heterocycles. The second kappa shape index (κ2) is 35.4. The standard InChI is InChI=1S/C48H32N2O.2C42H28N2O/c1-2-11-33(12-3-1)34-21-25-37(26-22-34)49(40-29-30-44-43-17-6-9-20-47(43)51-48(44)32-40)38-27-23-35(24-28-38)36-13-10-14-39(31-36)50-45-18-7-4-15-41(45)42-16-5-8-19-46(42)50;1-2-13-31(14-3-1)43(40-22-11-19-37-36-18-6-9-23-41(36)45-42(37)40)32-26-24-29(25-27-32)30-12-10-15-33(28-30)44-38-20-7-4-16-34(38)35-17-5-8-21-39(35)44;1-2-11-29(12-3-1)30-21-23-31(24-22-30)43(40-19-10-16-37-36-15-6-9-20-41(36)45-42(37)40)32-25-27-33(28-26-32)44-38-17-7-4-13-34(38)35-14-5-8-18-39(35)44/h1-32H;2*1-28H. The first-order chi connectivity index (χ1) is 69.9. The van der Waals surface area contributed by atoms with E-state index in [1.54, 1.807) is 0 Å². The molecular formula is C132H88N6O3. The first kappa shape index (κ1) is 82.7. The minimum atomic E-state index is 0.873. The van der Waals surface area contributed by atoms with Gasteiger partial charge in [-0.2, -0.15) is 0 Å². The van der Waals surface area contributed by atoms with Crippen LogP contribution in [0, 0.1) is 0 Å². The number of furan rings is 3. The van der Waals surface area contributed by atoms with Gasteiger partial charge in [-0.25, -0.2) is 0 Å². The van der Waals surface area contributed by atoms with Crippen LogP contribution in [0.1, 0.15) is 0 Å². The Labute approximate surface area is 813 Å². The Hall–Kier alpha value is -19.0. The molecule has 664 valence electrons. The Morgan fingerprint density at radius 1 is 0.135 bits per heavy atom. The zero-order chi connectivity index (χ0) is 93.2. The molecule has 28 rings (SSSR count). The van der Waals surface area contributed by atoms with Crippen LogP contribution in [0.25, 0.3) is 193 Å². The van der Waals surface area contributed by atoms with Gasteiger partial charge >= 0.3 is 0 Å². The van der Waals surface area contributed by atoms with Gasteiger partial charge in [0, 0.05) is 128 Å². The summed E-state index contributed by atoms with van der Waals surface area (Å²) in [6.45, 7) is 0. The summed E-state index contributed by atoms with van der Waals surface area (Å²) in [6.07, 6.45) is 0. The second-order valence-corrected chi connectivity index (χ2v) is 35.8. The highest BCUT2D eigenvalue weighted by Gasteiger charge is 2.26. The van der Waals surface area contributed by atoms with E-state index in [9.17, 15) is 0 Å². The topological polar surface area (TPSA) is 63.9 Å². The first-order valence-electron chi connectivity index (χ1n) is 47.9. The van der Waals surface area contributed by atoms with Crippen molar-refractivity contribution in [3.8, 4) is 61.6 Å². The van der Waals surface area contributed by atoms with Gasteiger partial charge in [-0.05, 0) is 233 Å². The van der Waals surface area contributed by atoms with Crippen molar-refractivity contribution >= 4 is 182 Å². The number of benzene rings is 22. The molecule has 0 saturated carbocycles. The molecule has 22 aromatic carbocycles. The van der Waals surface area contributed by atoms with Crippen molar-refractivity contribution in [3.05, 3.63) is 534 Å². The number of rotatable bonds is 16. The third-order valence-electron chi connectivity index (χ3n) is 27.6. The maximum atomic E-state index is 6.53. The lowest BCUT2D eigenvalue weighted by Crippen LogP contribution is -2.10. The van der Waals surface area contributed by atoms with Crippen LogP contribution < -0.4 is 14.7 Å². The van der Waals surface area contributed by atoms with Crippen molar-refractivity contribution in [2.75, 3.05) is 14.7 Å². The molecule has 0 amide bonds. The van der Waals surface area contributed by atoms with Crippen molar-refractivity contribution in [3.63, 3.8) is 0 Å². The van der Waals surface area contributed by atoms with Gasteiger partial charge in [-0.1, -0.05) is 340 Å². The molecule has 6 heterocycles. The molecule has 0 radical (unpaired) electrons. The van der Waals surface area contributed by atoms with Gasteiger partial charge in [-0.15, -0.1) is 0 Å². The molecule has 0 fully saturated rings. The molecule has 0 spiro atoms. The van der Waals surface area contributed by atoms with Gasteiger partial charge in [0.2, 0.25) is 0 Å². The minimum absolute atomic E-state index is 0.873. The number of anilines is 9. The third kappa shape index (κ3) is 14.9. The zero-order valence-corrected chi connectivity index (χ0v) is 76.7. The molecule has 9 heteroatoms. The predicted molar refractivity (Wildman–Crippen MR) is 590 cm³/mol. The van der Waals surface area contributed by atoms with E-state index in [-0.39, 0.29) is 0 Å². The quantitative estimate of drug-likeness (QED) is 0.0961. The van der Waals surface area contributed by atoms with Crippen LogP contribution in [-0.2, 0) is 0 Å². The third-order valence-corrected chi connectivity index (χ3v) is 27.6. The number of hydrogen-bond acceptors (Lipinski definition) is 6. The minimum Gasteiger partial charge on any atom is -0.456 e. The molecule has 9 nitrogen and oxygen atoms in total. The van der Waals surface area contributed by atoms with E-state index in [0.29, 0.717) is 0 Å². The van der Waals surface area contributed by atoms with Crippen molar-refractivity contribution in [1.29, 1.82) is 0 Å². The molecule has 0 N–H and O–H groups in total. The molecule has 0 aliphatic carbocycles. The lowest BCUT2D eigenvalue weighted by atomic mass is 10.0. The Morgan fingerprint density at radius 3 is 0.759 bits per heavy atom. The maximum Gasteiger partial charge on any atom is 0.159 e. The summed E-state index contributed by atoms with van der Waals surface area (Å²) in [7, 11) is 0. The fourth-order valence-electron chi connectivity index (χ4n) is 21.0. The van der Waals surface area contributed by atoms with E-state index < -0.39 is 0 Å². The maximum absolute atomic E-state index is 6.53.